The van der Waals surface area contributed by atoms with E-state index in [-0.39, 0.29) is 17.4 Å². The highest BCUT2D eigenvalue weighted by Gasteiger charge is 2.07. The summed E-state index contributed by atoms with van der Waals surface area (Å²) in [6.45, 7) is 5.80. The Kier molecular flexibility index (Phi) is 3.55. The van der Waals surface area contributed by atoms with Gasteiger partial charge in [0.1, 0.15) is 11.6 Å². The molecule has 0 aliphatic carbocycles. The molecule has 0 atom stereocenters. The smallest absolute Gasteiger partial charge is 0.254 e. The number of rotatable bonds is 3. The molecule has 100 valence electrons. The van der Waals surface area contributed by atoms with E-state index in [1.165, 1.54) is 6.07 Å². The molecule has 19 heavy (non-hydrogen) atoms. The van der Waals surface area contributed by atoms with Crippen molar-refractivity contribution in [3.05, 3.63) is 46.0 Å². The largest absolute Gasteiger partial charge is 0.439 e. The number of nitrogens with zero attached hydrogens (tertiary/aromatic N) is 1. The summed E-state index contributed by atoms with van der Waals surface area (Å²) in [4.78, 5) is 18.5. The van der Waals surface area contributed by atoms with Gasteiger partial charge in [-0.25, -0.2) is 0 Å². The lowest BCUT2D eigenvalue weighted by Crippen LogP contribution is -2.11. The summed E-state index contributed by atoms with van der Waals surface area (Å²) >= 11 is 0. The molecule has 5 nitrogen and oxygen atoms in total. The number of nitrogen functional groups attached to an aromatic ring is 1. The molecule has 0 saturated heterocycles. The Balaban J connectivity index is 2.32. The van der Waals surface area contributed by atoms with Gasteiger partial charge in [-0.15, -0.1) is 0 Å². The molecule has 0 aliphatic heterocycles. The van der Waals surface area contributed by atoms with Crippen LogP contribution in [0.3, 0.4) is 0 Å². The van der Waals surface area contributed by atoms with Gasteiger partial charge in [0.15, 0.2) is 0 Å². The lowest BCUT2D eigenvalue weighted by Gasteiger charge is -2.09. The zero-order valence-corrected chi connectivity index (χ0v) is 11.2. The fraction of sp³-hybridized carbons (Fsp3) is 0.286. The summed E-state index contributed by atoms with van der Waals surface area (Å²) < 4.78 is 5.60. The Morgan fingerprint density at radius 3 is 2.68 bits per heavy atom. The number of hydrogen-bond acceptors (Lipinski definition) is 4. The predicted octanol–water partition coefficient (Wildman–Crippen LogP) is 2.58. The maximum atomic E-state index is 11.5. The molecule has 2 aromatic rings. The van der Waals surface area contributed by atoms with Crippen LogP contribution in [0.1, 0.15) is 31.2 Å². The third-order valence-corrected chi connectivity index (χ3v) is 2.75. The van der Waals surface area contributed by atoms with Crippen LogP contribution in [0.4, 0.5) is 5.69 Å². The van der Waals surface area contributed by atoms with E-state index in [1.54, 1.807) is 12.1 Å². The summed E-state index contributed by atoms with van der Waals surface area (Å²) in [5, 5.41) is 0. The number of benzene rings is 1. The van der Waals surface area contributed by atoms with Gasteiger partial charge in [0, 0.05) is 11.6 Å². The molecule has 0 bridgehead atoms. The minimum atomic E-state index is -0.221. The van der Waals surface area contributed by atoms with Crippen molar-refractivity contribution in [3.8, 4) is 11.6 Å². The van der Waals surface area contributed by atoms with Crippen LogP contribution in [0, 0.1) is 6.92 Å². The first-order valence-corrected chi connectivity index (χ1v) is 6.11. The highest BCUT2D eigenvalue weighted by molar-refractivity contribution is 5.50. The van der Waals surface area contributed by atoms with Gasteiger partial charge in [-0.1, -0.05) is 13.8 Å². The van der Waals surface area contributed by atoms with Gasteiger partial charge in [-0.05, 0) is 30.7 Å². The predicted molar refractivity (Wildman–Crippen MR) is 74.6 cm³/mol. The number of aromatic nitrogens is 2. The molecule has 0 spiro atoms. The van der Waals surface area contributed by atoms with Crippen molar-refractivity contribution in [1.82, 2.24) is 9.97 Å². The van der Waals surface area contributed by atoms with Crippen LogP contribution in [-0.4, -0.2) is 9.97 Å². The van der Waals surface area contributed by atoms with Crippen LogP contribution in [0.5, 0.6) is 11.6 Å². The highest BCUT2D eigenvalue weighted by atomic mass is 16.5. The normalized spacial score (nSPS) is 10.7. The first-order chi connectivity index (χ1) is 8.95. The van der Waals surface area contributed by atoms with Gasteiger partial charge < -0.3 is 15.5 Å². The van der Waals surface area contributed by atoms with Crippen LogP contribution in [0.2, 0.25) is 0 Å². The van der Waals surface area contributed by atoms with Crippen LogP contribution < -0.4 is 16.0 Å². The van der Waals surface area contributed by atoms with Crippen LogP contribution >= 0.6 is 0 Å². The molecule has 3 N–H and O–H groups in total. The van der Waals surface area contributed by atoms with E-state index in [9.17, 15) is 4.79 Å². The number of aromatic amines is 1. The van der Waals surface area contributed by atoms with E-state index in [0.29, 0.717) is 17.3 Å². The SMILES string of the molecule is Cc1cc(Oc2cc(=O)[nH]c(C(C)C)n2)ccc1N. The fourth-order valence-corrected chi connectivity index (χ4v) is 1.61. The van der Waals surface area contributed by atoms with Gasteiger partial charge >= 0.3 is 0 Å². The number of hydrogen-bond donors (Lipinski definition) is 2. The van der Waals surface area contributed by atoms with Gasteiger partial charge in [0.25, 0.3) is 5.56 Å². The third-order valence-electron chi connectivity index (χ3n) is 2.75. The molecule has 1 heterocycles. The standard InChI is InChI=1S/C14H17N3O2/c1-8(2)14-16-12(18)7-13(17-14)19-10-4-5-11(15)9(3)6-10/h4-8H,15H2,1-3H3,(H,16,17,18). The maximum absolute atomic E-state index is 11.5. The van der Waals surface area contributed by atoms with E-state index < -0.39 is 0 Å². The summed E-state index contributed by atoms with van der Waals surface area (Å²) in [6, 6.07) is 6.66. The van der Waals surface area contributed by atoms with Gasteiger partial charge in [-0.2, -0.15) is 4.98 Å². The molecule has 0 unspecified atom stereocenters. The molecule has 0 saturated carbocycles. The van der Waals surface area contributed by atoms with Gasteiger partial charge in [0.05, 0.1) is 6.07 Å². The second-order valence-corrected chi connectivity index (χ2v) is 4.74. The molecular formula is C14H17N3O2. The third kappa shape index (κ3) is 3.13. The average Bonchev–Trinajstić information content (AvgIpc) is 2.33. The highest BCUT2D eigenvalue weighted by Crippen LogP contribution is 2.23. The summed E-state index contributed by atoms with van der Waals surface area (Å²) in [7, 11) is 0. The quantitative estimate of drug-likeness (QED) is 0.830. The van der Waals surface area contributed by atoms with Crippen molar-refractivity contribution in [1.29, 1.82) is 0 Å². The molecule has 0 amide bonds. The summed E-state index contributed by atoms with van der Waals surface area (Å²) in [5.74, 6) is 1.63. The number of anilines is 1. The second kappa shape index (κ2) is 5.14. The van der Waals surface area contributed by atoms with E-state index in [4.69, 9.17) is 10.5 Å². The van der Waals surface area contributed by atoms with Crippen molar-refractivity contribution in [2.45, 2.75) is 26.7 Å². The van der Waals surface area contributed by atoms with Crippen LogP contribution in [0.25, 0.3) is 0 Å². The molecule has 0 fully saturated rings. The van der Waals surface area contributed by atoms with E-state index in [1.807, 2.05) is 26.8 Å². The van der Waals surface area contributed by atoms with E-state index in [0.717, 1.165) is 5.56 Å². The fourth-order valence-electron chi connectivity index (χ4n) is 1.61. The Labute approximate surface area is 111 Å². The van der Waals surface area contributed by atoms with Crippen LogP contribution in [0.15, 0.2) is 29.1 Å². The second-order valence-electron chi connectivity index (χ2n) is 4.74. The topological polar surface area (TPSA) is 81.0 Å². The van der Waals surface area contributed by atoms with Gasteiger partial charge in [-0.3, -0.25) is 4.79 Å². The van der Waals surface area contributed by atoms with Crippen molar-refractivity contribution >= 4 is 5.69 Å². The van der Waals surface area contributed by atoms with Crippen molar-refractivity contribution in [2.24, 2.45) is 0 Å². The van der Waals surface area contributed by atoms with Crippen molar-refractivity contribution in [3.63, 3.8) is 0 Å². The first-order valence-electron chi connectivity index (χ1n) is 6.11. The summed E-state index contributed by atoms with van der Waals surface area (Å²) in [6.07, 6.45) is 0. The molecule has 1 aromatic heterocycles. The molecule has 2 rings (SSSR count). The molecule has 0 radical (unpaired) electrons. The first kappa shape index (κ1) is 13.1. The Hall–Kier alpha value is -2.30. The zero-order valence-electron chi connectivity index (χ0n) is 11.2. The monoisotopic (exact) mass is 259 g/mol. The zero-order chi connectivity index (χ0) is 14.0. The summed E-state index contributed by atoms with van der Waals surface area (Å²) in [5.41, 5.74) is 7.15. The Morgan fingerprint density at radius 2 is 2.05 bits per heavy atom. The van der Waals surface area contributed by atoms with E-state index >= 15 is 0 Å². The van der Waals surface area contributed by atoms with Crippen molar-refractivity contribution in [2.75, 3.05) is 5.73 Å². The number of ether oxygens (including phenoxy) is 1. The Bertz CT molecular complexity index is 647. The lowest BCUT2D eigenvalue weighted by molar-refractivity contribution is 0.455. The van der Waals surface area contributed by atoms with Gasteiger partial charge in [0.2, 0.25) is 5.88 Å². The lowest BCUT2D eigenvalue weighted by atomic mass is 10.2. The maximum Gasteiger partial charge on any atom is 0.254 e. The number of nitrogens with one attached hydrogen (secondary N) is 1. The molecule has 0 aliphatic rings. The molecule has 5 heteroatoms. The number of aryl methyl sites for hydroxylation is 1. The Morgan fingerprint density at radius 1 is 1.32 bits per heavy atom. The minimum absolute atomic E-state index is 0.129. The number of nitrogens with two attached hydrogens (primary N) is 1. The number of H-pyrrole nitrogens is 1. The molecule has 1 aromatic carbocycles. The molecular weight excluding hydrogens is 242 g/mol. The minimum Gasteiger partial charge on any atom is -0.439 e. The average molecular weight is 259 g/mol. The van der Waals surface area contributed by atoms with E-state index in [2.05, 4.69) is 9.97 Å². The van der Waals surface area contributed by atoms with Crippen molar-refractivity contribution < 1.29 is 4.74 Å². The van der Waals surface area contributed by atoms with Crippen LogP contribution in [-0.2, 0) is 0 Å².